The molecule has 0 spiro atoms. The van der Waals surface area contributed by atoms with E-state index in [1.165, 1.54) is 57.4 Å². The van der Waals surface area contributed by atoms with Gasteiger partial charge in [0, 0.05) is 18.2 Å². The molecule has 4 nitrogen and oxygen atoms in total. The Bertz CT molecular complexity index is 520. The zero-order chi connectivity index (χ0) is 14.8. The molecular formula is C18H27ClN2O2. The molecule has 0 saturated carbocycles. The van der Waals surface area contributed by atoms with Crippen LogP contribution in [0.1, 0.15) is 37.3 Å². The maximum absolute atomic E-state index is 5.94. The number of hydrogen-bond donors (Lipinski definition) is 1. The normalized spacial score (nSPS) is 25.1. The highest BCUT2D eigenvalue weighted by atomic mass is 35.5. The van der Waals surface area contributed by atoms with Crippen molar-refractivity contribution >= 4 is 12.4 Å². The number of piperidine rings is 1. The number of halogens is 1. The van der Waals surface area contributed by atoms with Gasteiger partial charge in [-0.15, -0.1) is 12.4 Å². The van der Waals surface area contributed by atoms with Gasteiger partial charge >= 0.3 is 0 Å². The summed E-state index contributed by atoms with van der Waals surface area (Å²) in [6.45, 7) is 6.16. The molecule has 3 aliphatic rings. The number of nitrogens with zero attached hydrogens (tertiary/aromatic N) is 1. The second-order valence-corrected chi connectivity index (χ2v) is 6.72. The van der Waals surface area contributed by atoms with E-state index in [0.29, 0.717) is 19.3 Å². The molecule has 2 fully saturated rings. The molecule has 128 valence electrons. The standard InChI is InChI=1S/C18H26N2O2.ClH/c1-3-15(18-17(5-1)21-11-12-22-18)16-4-2-10-20(16)13-14-6-8-19-9-7-14;/h1,3,5,14,16,19H,2,4,6-13H2;1H. The zero-order valence-electron chi connectivity index (χ0n) is 13.6. The molecule has 5 heteroatoms. The van der Waals surface area contributed by atoms with E-state index < -0.39 is 0 Å². The van der Waals surface area contributed by atoms with Crippen molar-refractivity contribution in [3.05, 3.63) is 23.8 Å². The van der Waals surface area contributed by atoms with E-state index in [0.717, 1.165) is 17.4 Å². The van der Waals surface area contributed by atoms with E-state index >= 15 is 0 Å². The predicted molar refractivity (Wildman–Crippen MR) is 93.8 cm³/mol. The lowest BCUT2D eigenvalue weighted by atomic mass is 9.96. The third-order valence-corrected chi connectivity index (χ3v) is 5.27. The zero-order valence-corrected chi connectivity index (χ0v) is 14.4. The Morgan fingerprint density at radius 1 is 1.09 bits per heavy atom. The van der Waals surface area contributed by atoms with Crippen LogP contribution < -0.4 is 14.8 Å². The van der Waals surface area contributed by atoms with Crippen molar-refractivity contribution < 1.29 is 9.47 Å². The van der Waals surface area contributed by atoms with Gasteiger partial charge in [-0.25, -0.2) is 0 Å². The van der Waals surface area contributed by atoms with E-state index in [1.807, 2.05) is 6.07 Å². The van der Waals surface area contributed by atoms with Crippen LogP contribution in [0.5, 0.6) is 11.5 Å². The summed E-state index contributed by atoms with van der Waals surface area (Å²) in [7, 11) is 0. The average molecular weight is 339 g/mol. The molecule has 1 atom stereocenters. The van der Waals surface area contributed by atoms with Crippen molar-refractivity contribution in [2.24, 2.45) is 5.92 Å². The van der Waals surface area contributed by atoms with Crippen LogP contribution in [-0.4, -0.2) is 44.3 Å². The molecule has 2 saturated heterocycles. The molecule has 1 unspecified atom stereocenters. The van der Waals surface area contributed by atoms with Crippen LogP contribution in [0.25, 0.3) is 0 Å². The third-order valence-electron chi connectivity index (χ3n) is 5.27. The van der Waals surface area contributed by atoms with Gasteiger partial charge in [0.15, 0.2) is 11.5 Å². The lowest BCUT2D eigenvalue weighted by Gasteiger charge is -2.32. The lowest BCUT2D eigenvalue weighted by Crippen LogP contribution is -2.36. The number of rotatable bonds is 3. The van der Waals surface area contributed by atoms with E-state index in [9.17, 15) is 0 Å². The second-order valence-electron chi connectivity index (χ2n) is 6.72. The van der Waals surface area contributed by atoms with Gasteiger partial charge in [0.05, 0.1) is 0 Å². The van der Waals surface area contributed by atoms with Crippen LogP contribution in [0.15, 0.2) is 18.2 Å². The van der Waals surface area contributed by atoms with Crippen LogP contribution in [0.4, 0.5) is 0 Å². The summed E-state index contributed by atoms with van der Waals surface area (Å²) in [5.41, 5.74) is 1.34. The quantitative estimate of drug-likeness (QED) is 0.918. The summed E-state index contributed by atoms with van der Waals surface area (Å²) in [6.07, 6.45) is 5.16. The summed E-state index contributed by atoms with van der Waals surface area (Å²) in [5.74, 6) is 2.77. The van der Waals surface area contributed by atoms with Gasteiger partial charge in [-0.05, 0) is 57.3 Å². The number of benzene rings is 1. The van der Waals surface area contributed by atoms with Crippen LogP contribution >= 0.6 is 12.4 Å². The first-order chi connectivity index (χ1) is 10.9. The molecule has 0 radical (unpaired) electrons. The molecule has 4 rings (SSSR count). The van der Waals surface area contributed by atoms with Crippen molar-refractivity contribution in [3.63, 3.8) is 0 Å². The first-order valence-corrected chi connectivity index (χ1v) is 8.75. The van der Waals surface area contributed by atoms with Gasteiger partial charge in [0.2, 0.25) is 0 Å². The van der Waals surface area contributed by atoms with E-state index in [-0.39, 0.29) is 12.4 Å². The Kier molecular flexibility index (Phi) is 5.67. The molecule has 0 amide bonds. The molecule has 23 heavy (non-hydrogen) atoms. The highest BCUT2D eigenvalue weighted by Crippen LogP contribution is 2.43. The highest BCUT2D eigenvalue weighted by molar-refractivity contribution is 5.85. The molecule has 0 aromatic heterocycles. The third kappa shape index (κ3) is 3.59. The van der Waals surface area contributed by atoms with E-state index in [2.05, 4.69) is 22.3 Å². The second kappa shape index (κ2) is 7.73. The van der Waals surface area contributed by atoms with Crippen molar-refractivity contribution in [2.45, 2.75) is 31.7 Å². The summed E-state index contributed by atoms with van der Waals surface area (Å²) >= 11 is 0. The van der Waals surface area contributed by atoms with Crippen LogP contribution in [-0.2, 0) is 0 Å². The van der Waals surface area contributed by atoms with Crippen molar-refractivity contribution in [3.8, 4) is 11.5 Å². The fraction of sp³-hybridized carbons (Fsp3) is 0.667. The van der Waals surface area contributed by atoms with Crippen molar-refractivity contribution in [1.29, 1.82) is 0 Å². The molecular weight excluding hydrogens is 312 g/mol. The fourth-order valence-electron chi connectivity index (χ4n) is 4.15. The summed E-state index contributed by atoms with van der Waals surface area (Å²) in [4.78, 5) is 2.68. The average Bonchev–Trinajstić information content (AvgIpc) is 3.03. The highest BCUT2D eigenvalue weighted by Gasteiger charge is 2.32. The maximum atomic E-state index is 5.94. The first-order valence-electron chi connectivity index (χ1n) is 8.75. The van der Waals surface area contributed by atoms with Crippen molar-refractivity contribution in [1.82, 2.24) is 10.2 Å². The molecule has 0 aliphatic carbocycles. The van der Waals surface area contributed by atoms with Gasteiger partial charge in [-0.3, -0.25) is 4.90 Å². The lowest BCUT2D eigenvalue weighted by molar-refractivity contribution is 0.158. The minimum Gasteiger partial charge on any atom is -0.486 e. The first kappa shape index (κ1) is 16.9. The summed E-state index contributed by atoms with van der Waals surface area (Å²) in [6, 6.07) is 6.89. The minimum absolute atomic E-state index is 0. The maximum Gasteiger partial charge on any atom is 0.166 e. The van der Waals surface area contributed by atoms with Crippen molar-refractivity contribution in [2.75, 3.05) is 39.4 Å². The molecule has 1 aromatic carbocycles. The van der Waals surface area contributed by atoms with Gasteiger partial charge in [0.25, 0.3) is 0 Å². The van der Waals surface area contributed by atoms with Crippen LogP contribution in [0.2, 0.25) is 0 Å². The molecule has 1 N–H and O–H groups in total. The van der Waals surface area contributed by atoms with Gasteiger partial charge in [-0.2, -0.15) is 0 Å². The Morgan fingerprint density at radius 2 is 1.91 bits per heavy atom. The number of likely N-dealkylation sites (tertiary alicyclic amines) is 1. The molecule has 1 aromatic rings. The molecule has 0 bridgehead atoms. The number of nitrogens with one attached hydrogen (secondary N) is 1. The number of fused-ring (bicyclic) bond motifs is 1. The largest absolute Gasteiger partial charge is 0.486 e. The van der Waals surface area contributed by atoms with Crippen LogP contribution in [0, 0.1) is 5.92 Å². The molecule has 3 aliphatic heterocycles. The Balaban J connectivity index is 0.00000156. The Hall–Kier alpha value is -0.970. The summed E-state index contributed by atoms with van der Waals surface area (Å²) in [5, 5.41) is 3.47. The Morgan fingerprint density at radius 3 is 2.78 bits per heavy atom. The summed E-state index contributed by atoms with van der Waals surface area (Å²) < 4.78 is 11.7. The van der Waals surface area contributed by atoms with Gasteiger partial charge in [0.1, 0.15) is 13.2 Å². The Labute approximate surface area is 144 Å². The smallest absolute Gasteiger partial charge is 0.166 e. The van der Waals surface area contributed by atoms with E-state index in [4.69, 9.17) is 9.47 Å². The monoisotopic (exact) mass is 338 g/mol. The predicted octanol–water partition coefficient (Wildman–Crippen LogP) is 3.02. The van der Waals surface area contributed by atoms with Gasteiger partial charge < -0.3 is 14.8 Å². The van der Waals surface area contributed by atoms with Crippen LogP contribution in [0.3, 0.4) is 0 Å². The van der Waals surface area contributed by atoms with E-state index in [1.54, 1.807) is 0 Å². The number of ether oxygens (including phenoxy) is 2. The van der Waals surface area contributed by atoms with Gasteiger partial charge in [-0.1, -0.05) is 12.1 Å². The minimum atomic E-state index is 0. The topological polar surface area (TPSA) is 33.7 Å². The SMILES string of the molecule is Cl.c1cc2c(c(C3CCCN3CC3CCNCC3)c1)OCCO2. The molecule has 3 heterocycles. The number of para-hydroxylation sites is 1. The number of hydrogen-bond acceptors (Lipinski definition) is 4. The fourth-order valence-corrected chi connectivity index (χ4v) is 4.15.